The van der Waals surface area contributed by atoms with Gasteiger partial charge in [0.15, 0.2) is 5.89 Å². The average molecular weight is 195 g/mol. The first-order valence-corrected chi connectivity index (χ1v) is 4.92. The lowest BCUT2D eigenvalue weighted by Gasteiger charge is -1.88. The molecule has 2 aromatic rings. The molecule has 0 N–H and O–H groups in total. The van der Waals surface area contributed by atoms with E-state index in [1.54, 1.807) is 18.3 Å². The maximum absolute atomic E-state index is 11.3. The van der Waals surface area contributed by atoms with Crippen LogP contribution in [0, 0.1) is 6.92 Å². The summed E-state index contributed by atoms with van der Waals surface area (Å²) in [6.07, 6.45) is 0.930. The van der Waals surface area contributed by atoms with E-state index < -0.39 is 0 Å². The fourth-order valence-corrected chi connectivity index (χ4v) is 2.19. The van der Waals surface area contributed by atoms with Crippen LogP contribution in [0.3, 0.4) is 0 Å². The van der Waals surface area contributed by atoms with Crippen molar-refractivity contribution in [1.29, 1.82) is 0 Å². The molecular weight excluding hydrogens is 186 g/mol. The van der Waals surface area contributed by atoms with E-state index in [4.69, 9.17) is 4.42 Å². The Morgan fingerprint density at radius 3 is 3.08 bits per heavy atom. The number of rotatable bonds is 1. The summed E-state index contributed by atoms with van der Waals surface area (Å²) in [5.41, 5.74) is -0.279. The van der Waals surface area contributed by atoms with Gasteiger partial charge in [-0.2, -0.15) is 0 Å². The molecule has 0 unspecified atom stereocenters. The summed E-state index contributed by atoms with van der Waals surface area (Å²) in [6, 6.07) is 1.86. The van der Waals surface area contributed by atoms with Crippen molar-refractivity contribution in [2.45, 2.75) is 20.3 Å². The van der Waals surface area contributed by atoms with Crippen molar-refractivity contribution < 1.29 is 4.42 Å². The van der Waals surface area contributed by atoms with Gasteiger partial charge in [0.05, 0.1) is 5.39 Å². The second-order valence-corrected chi connectivity index (χ2v) is 3.92. The monoisotopic (exact) mass is 195 g/mol. The molecule has 13 heavy (non-hydrogen) atoms. The lowest BCUT2D eigenvalue weighted by atomic mass is 10.3. The summed E-state index contributed by atoms with van der Waals surface area (Å²) < 4.78 is 4.89. The average Bonchev–Trinajstić information content (AvgIpc) is 2.47. The van der Waals surface area contributed by atoms with E-state index >= 15 is 0 Å². The third kappa shape index (κ3) is 1.37. The van der Waals surface area contributed by atoms with Gasteiger partial charge >= 0.3 is 5.63 Å². The lowest BCUT2D eigenvalue weighted by Crippen LogP contribution is -1.99. The second kappa shape index (κ2) is 2.96. The maximum atomic E-state index is 11.3. The predicted octanol–water partition coefficient (Wildman–Crippen LogP) is 2.12. The van der Waals surface area contributed by atoms with Crippen LogP contribution in [0.15, 0.2) is 15.3 Å². The topological polar surface area (TPSA) is 43.1 Å². The second-order valence-electron chi connectivity index (χ2n) is 2.81. The van der Waals surface area contributed by atoms with E-state index in [1.165, 1.54) is 4.88 Å². The van der Waals surface area contributed by atoms with Crippen LogP contribution >= 0.6 is 11.3 Å². The number of aromatic nitrogens is 1. The molecule has 0 spiro atoms. The Morgan fingerprint density at radius 1 is 1.62 bits per heavy atom. The number of hydrogen-bond acceptors (Lipinski definition) is 4. The minimum Gasteiger partial charge on any atom is -0.408 e. The fraction of sp³-hybridized carbons (Fsp3) is 0.333. The van der Waals surface area contributed by atoms with Gasteiger partial charge in [0.1, 0.15) is 4.83 Å². The van der Waals surface area contributed by atoms with Crippen molar-refractivity contribution in [3.63, 3.8) is 0 Å². The van der Waals surface area contributed by atoms with Gasteiger partial charge in [0, 0.05) is 11.8 Å². The molecule has 0 amide bonds. The van der Waals surface area contributed by atoms with Crippen LogP contribution in [0.2, 0.25) is 0 Å². The molecule has 0 saturated heterocycles. The van der Waals surface area contributed by atoms with Crippen molar-refractivity contribution in [1.82, 2.24) is 4.98 Å². The van der Waals surface area contributed by atoms with Crippen LogP contribution in [0.25, 0.3) is 10.2 Å². The molecule has 0 aromatic carbocycles. The number of hydrogen-bond donors (Lipinski definition) is 0. The fourth-order valence-electron chi connectivity index (χ4n) is 1.19. The van der Waals surface area contributed by atoms with Crippen molar-refractivity contribution in [3.8, 4) is 0 Å². The Hall–Kier alpha value is -1.16. The molecule has 68 valence electrons. The Morgan fingerprint density at radius 2 is 2.38 bits per heavy atom. The first kappa shape index (κ1) is 8.44. The summed E-state index contributed by atoms with van der Waals surface area (Å²) >= 11 is 1.55. The quantitative estimate of drug-likeness (QED) is 0.700. The van der Waals surface area contributed by atoms with Crippen LogP contribution in [-0.2, 0) is 6.42 Å². The summed E-state index contributed by atoms with van der Waals surface area (Å²) in [7, 11) is 0. The number of aryl methyl sites for hydroxylation is 2. The molecule has 2 aromatic heterocycles. The number of fused-ring (bicyclic) bond motifs is 1. The lowest BCUT2D eigenvalue weighted by molar-refractivity contribution is 0.468. The normalized spacial score (nSPS) is 10.9. The third-order valence-corrected chi connectivity index (χ3v) is 3.00. The standard InChI is InChI=1S/C9H9NO2S/c1-3-6-4-7-8(13-6)10-5(2)12-9(7)11/h4H,3H2,1-2H3. The smallest absolute Gasteiger partial charge is 0.347 e. The zero-order valence-electron chi connectivity index (χ0n) is 7.46. The van der Waals surface area contributed by atoms with Gasteiger partial charge in [0.2, 0.25) is 0 Å². The molecular formula is C9H9NO2S. The number of thiophene rings is 1. The van der Waals surface area contributed by atoms with Gasteiger partial charge in [-0.1, -0.05) is 6.92 Å². The van der Waals surface area contributed by atoms with E-state index in [0.717, 1.165) is 11.3 Å². The largest absolute Gasteiger partial charge is 0.408 e. The highest BCUT2D eigenvalue weighted by molar-refractivity contribution is 7.18. The predicted molar refractivity (Wildman–Crippen MR) is 52.3 cm³/mol. The summed E-state index contributed by atoms with van der Waals surface area (Å²) in [5.74, 6) is 0.432. The van der Waals surface area contributed by atoms with E-state index in [2.05, 4.69) is 11.9 Å². The summed E-state index contributed by atoms with van der Waals surface area (Å²) in [4.78, 5) is 17.4. The first-order valence-electron chi connectivity index (χ1n) is 4.11. The van der Waals surface area contributed by atoms with Crippen LogP contribution in [0.1, 0.15) is 17.7 Å². The molecule has 0 aliphatic rings. The zero-order valence-corrected chi connectivity index (χ0v) is 8.27. The Kier molecular flexibility index (Phi) is 1.92. The van der Waals surface area contributed by atoms with Crippen LogP contribution in [0.5, 0.6) is 0 Å². The highest BCUT2D eigenvalue weighted by Gasteiger charge is 2.07. The third-order valence-electron chi connectivity index (χ3n) is 1.83. The molecule has 0 fully saturated rings. The van der Waals surface area contributed by atoms with E-state index in [1.807, 2.05) is 6.07 Å². The maximum Gasteiger partial charge on any atom is 0.347 e. The Labute approximate surface area is 79.0 Å². The molecule has 4 heteroatoms. The van der Waals surface area contributed by atoms with E-state index in [9.17, 15) is 4.79 Å². The van der Waals surface area contributed by atoms with Gasteiger partial charge in [-0.3, -0.25) is 0 Å². The van der Waals surface area contributed by atoms with Gasteiger partial charge in [-0.05, 0) is 12.5 Å². The molecule has 0 aliphatic carbocycles. The van der Waals surface area contributed by atoms with Crippen molar-refractivity contribution in [2.75, 3.05) is 0 Å². The highest BCUT2D eigenvalue weighted by atomic mass is 32.1. The van der Waals surface area contributed by atoms with Crippen LogP contribution < -0.4 is 5.63 Å². The van der Waals surface area contributed by atoms with Gasteiger partial charge in [-0.15, -0.1) is 11.3 Å². The molecule has 0 aliphatic heterocycles. The Bertz CT molecular complexity index is 498. The summed E-state index contributed by atoms with van der Waals surface area (Å²) in [6.45, 7) is 3.74. The van der Waals surface area contributed by atoms with E-state index in [-0.39, 0.29) is 5.63 Å². The first-order chi connectivity index (χ1) is 6.20. The van der Waals surface area contributed by atoms with Crippen LogP contribution in [-0.4, -0.2) is 4.98 Å². The van der Waals surface area contributed by atoms with Crippen LogP contribution in [0.4, 0.5) is 0 Å². The highest BCUT2D eigenvalue weighted by Crippen LogP contribution is 2.21. The molecule has 3 nitrogen and oxygen atoms in total. The van der Waals surface area contributed by atoms with E-state index in [0.29, 0.717) is 11.3 Å². The van der Waals surface area contributed by atoms with Gasteiger partial charge < -0.3 is 4.42 Å². The molecule has 0 bridgehead atoms. The van der Waals surface area contributed by atoms with Crippen molar-refractivity contribution in [3.05, 3.63) is 27.3 Å². The molecule has 0 radical (unpaired) electrons. The molecule has 2 rings (SSSR count). The minimum atomic E-state index is -0.279. The Balaban J connectivity index is 2.83. The van der Waals surface area contributed by atoms with Crippen molar-refractivity contribution >= 4 is 21.6 Å². The molecule has 2 heterocycles. The zero-order chi connectivity index (χ0) is 9.42. The molecule has 0 atom stereocenters. The molecule has 0 saturated carbocycles. The van der Waals surface area contributed by atoms with Gasteiger partial charge in [0.25, 0.3) is 0 Å². The minimum absolute atomic E-state index is 0.279. The number of nitrogens with zero attached hydrogens (tertiary/aromatic N) is 1. The van der Waals surface area contributed by atoms with Gasteiger partial charge in [-0.25, -0.2) is 9.78 Å². The van der Waals surface area contributed by atoms with Crippen molar-refractivity contribution in [2.24, 2.45) is 0 Å². The SMILES string of the molecule is CCc1cc2c(=O)oc(C)nc2s1. The summed E-state index contributed by atoms with van der Waals surface area (Å²) in [5, 5.41) is 0.604.